The summed E-state index contributed by atoms with van der Waals surface area (Å²) in [7, 11) is 0. The van der Waals surface area contributed by atoms with E-state index in [1.54, 1.807) is 0 Å². The second-order valence-corrected chi connectivity index (χ2v) is 9.36. The standard InChI is InChI=1S/C20H37N/c1-19(2)18(20(19,3)4)14-21-17-13-9-8-12-16(17)15-10-6-5-7-11-15/h15-18,21H,5-14H2,1-4H3. The molecule has 3 fully saturated rings. The van der Waals surface area contributed by atoms with Crippen LogP contribution in [0.3, 0.4) is 0 Å². The van der Waals surface area contributed by atoms with Crippen LogP contribution in [0.2, 0.25) is 0 Å². The summed E-state index contributed by atoms with van der Waals surface area (Å²) in [5, 5.41) is 4.04. The third-order valence-corrected chi connectivity index (χ3v) is 7.98. The van der Waals surface area contributed by atoms with Crippen molar-refractivity contribution in [1.82, 2.24) is 5.32 Å². The average Bonchev–Trinajstić information content (AvgIpc) is 2.87. The largest absolute Gasteiger partial charge is 0.313 e. The lowest BCUT2D eigenvalue weighted by atomic mass is 9.71. The molecule has 0 heterocycles. The fraction of sp³-hybridized carbons (Fsp3) is 1.00. The van der Waals surface area contributed by atoms with Gasteiger partial charge in [-0.15, -0.1) is 0 Å². The van der Waals surface area contributed by atoms with Crippen LogP contribution >= 0.6 is 0 Å². The lowest BCUT2D eigenvalue weighted by Gasteiger charge is -2.39. The zero-order valence-electron chi connectivity index (χ0n) is 14.9. The van der Waals surface area contributed by atoms with E-state index in [1.807, 2.05) is 0 Å². The fourth-order valence-corrected chi connectivity index (χ4v) is 5.65. The Morgan fingerprint density at radius 1 is 0.762 bits per heavy atom. The molecular formula is C20H37N. The zero-order chi connectivity index (χ0) is 15.1. The summed E-state index contributed by atoms with van der Waals surface area (Å²) in [5.41, 5.74) is 1.07. The molecule has 0 aromatic heterocycles. The van der Waals surface area contributed by atoms with Crippen molar-refractivity contribution >= 4 is 0 Å². The van der Waals surface area contributed by atoms with E-state index in [0.717, 1.165) is 23.8 Å². The molecule has 1 N–H and O–H groups in total. The Balaban J connectivity index is 1.55. The van der Waals surface area contributed by atoms with Crippen LogP contribution in [0.25, 0.3) is 0 Å². The molecule has 0 aromatic carbocycles. The van der Waals surface area contributed by atoms with Gasteiger partial charge in [-0.2, -0.15) is 0 Å². The van der Waals surface area contributed by atoms with Crippen molar-refractivity contribution in [1.29, 1.82) is 0 Å². The molecule has 0 saturated heterocycles. The monoisotopic (exact) mass is 291 g/mol. The highest BCUT2D eigenvalue weighted by Crippen LogP contribution is 2.68. The first-order chi connectivity index (χ1) is 9.94. The van der Waals surface area contributed by atoms with Crippen molar-refractivity contribution < 1.29 is 0 Å². The third-order valence-electron chi connectivity index (χ3n) is 7.98. The summed E-state index contributed by atoms with van der Waals surface area (Å²) < 4.78 is 0. The highest BCUT2D eigenvalue weighted by atomic mass is 15.0. The van der Waals surface area contributed by atoms with Gasteiger partial charge in [0.1, 0.15) is 0 Å². The Labute approximate surface area is 132 Å². The average molecular weight is 292 g/mol. The maximum absolute atomic E-state index is 4.04. The van der Waals surface area contributed by atoms with E-state index in [-0.39, 0.29) is 0 Å². The summed E-state index contributed by atoms with van der Waals surface area (Å²) in [4.78, 5) is 0. The van der Waals surface area contributed by atoms with E-state index >= 15 is 0 Å². The first kappa shape index (κ1) is 15.8. The molecule has 122 valence electrons. The van der Waals surface area contributed by atoms with Gasteiger partial charge in [-0.25, -0.2) is 0 Å². The first-order valence-electron chi connectivity index (χ1n) is 9.68. The topological polar surface area (TPSA) is 12.0 Å². The molecule has 3 rings (SSSR count). The van der Waals surface area contributed by atoms with E-state index in [1.165, 1.54) is 64.3 Å². The van der Waals surface area contributed by atoms with Crippen molar-refractivity contribution in [2.45, 2.75) is 91.5 Å². The van der Waals surface area contributed by atoms with E-state index in [4.69, 9.17) is 0 Å². The molecule has 21 heavy (non-hydrogen) atoms. The van der Waals surface area contributed by atoms with Gasteiger partial charge in [-0.3, -0.25) is 0 Å². The fourth-order valence-electron chi connectivity index (χ4n) is 5.65. The molecule has 0 aromatic rings. The number of hydrogen-bond donors (Lipinski definition) is 1. The highest BCUT2D eigenvalue weighted by Gasteiger charge is 2.64. The summed E-state index contributed by atoms with van der Waals surface area (Å²) in [6.45, 7) is 11.1. The van der Waals surface area contributed by atoms with Crippen LogP contribution < -0.4 is 5.32 Å². The SMILES string of the molecule is CC1(C)C(CNC2CCCCC2C2CCCCC2)C1(C)C. The van der Waals surface area contributed by atoms with Gasteiger partial charge in [0.25, 0.3) is 0 Å². The molecule has 0 aliphatic heterocycles. The van der Waals surface area contributed by atoms with Gasteiger partial charge in [-0.05, 0) is 48.0 Å². The molecule has 2 atom stereocenters. The van der Waals surface area contributed by atoms with Crippen LogP contribution in [0.15, 0.2) is 0 Å². The van der Waals surface area contributed by atoms with E-state index in [0.29, 0.717) is 10.8 Å². The smallest absolute Gasteiger partial charge is 0.00980 e. The molecule has 2 unspecified atom stereocenters. The van der Waals surface area contributed by atoms with Crippen LogP contribution in [0, 0.1) is 28.6 Å². The normalized spacial score (nSPS) is 36.6. The Morgan fingerprint density at radius 2 is 1.33 bits per heavy atom. The minimum atomic E-state index is 0.537. The highest BCUT2D eigenvalue weighted by molar-refractivity contribution is 5.13. The lowest BCUT2D eigenvalue weighted by Crippen LogP contribution is -2.43. The Morgan fingerprint density at radius 3 is 1.95 bits per heavy atom. The number of nitrogens with one attached hydrogen (secondary N) is 1. The van der Waals surface area contributed by atoms with Gasteiger partial charge in [0.2, 0.25) is 0 Å². The van der Waals surface area contributed by atoms with Crippen LogP contribution in [0.5, 0.6) is 0 Å². The molecule has 1 heteroatoms. The maximum atomic E-state index is 4.04. The van der Waals surface area contributed by atoms with Crippen LogP contribution in [0.1, 0.15) is 85.5 Å². The van der Waals surface area contributed by atoms with Gasteiger partial charge in [0.15, 0.2) is 0 Å². The van der Waals surface area contributed by atoms with E-state index in [2.05, 4.69) is 33.0 Å². The summed E-state index contributed by atoms with van der Waals surface area (Å²) in [5.74, 6) is 2.90. The van der Waals surface area contributed by atoms with Gasteiger partial charge >= 0.3 is 0 Å². The molecule has 1 nitrogen and oxygen atoms in total. The molecule has 0 spiro atoms. The van der Waals surface area contributed by atoms with Gasteiger partial charge < -0.3 is 5.32 Å². The molecule has 3 saturated carbocycles. The number of rotatable bonds is 4. The van der Waals surface area contributed by atoms with Crippen molar-refractivity contribution in [2.24, 2.45) is 28.6 Å². The van der Waals surface area contributed by atoms with E-state index in [9.17, 15) is 0 Å². The number of hydrogen-bond acceptors (Lipinski definition) is 1. The van der Waals surface area contributed by atoms with Gasteiger partial charge in [-0.1, -0.05) is 72.6 Å². The second-order valence-electron chi connectivity index (χ2n) is 9.36. The first-order valence-corrected chi connectivity index (χ1v) is 9.68. The summed E-state index contributed by atoms with van der Waals surface area (Å²) in [6.07, 6.45) is 13.4. The molecule has 0 radical (unpaired) electrons. The zero-order valence-corrected chi connectivity index (χ0v) is 14.9. The van der Waals surface area contributed by atoms with Crippen molar-refractivity contribution in [3.05, 3.63) is 0 Å². The van der Waals surface area contributed by atoms with Gasteiger partial charge in [0, 0.05) is 6.04 Å². The van der Waals surface area contributed by atoms with E-state index < -0.39 is 0 Å². The molecule has 0 amide bonds. The van der Waals surface area contributed by atoms with Crippen LogP contribution in [-0.2, 0) is 0 Å². The molecule has 3 aliphatic rings. The molecular weight excluding hydrogens is 254 g/mol. The van der Waals surface area contributed by atoms with Gasteiger partial charge in [0.05, 0.1) is 0 Å². The minimum Gasteiger partial charge on any atom is -0.313 e. The lowest BCUT2D eigenvalue weighted by molar-refractivity contribution is 0.148. The summed E-state index contributed by atoms with van der Waals surface area (Å²) >= 11 is 0. The van der Waals surface area contributed by atoms with Crippen LogP contribution in [-0.4, -0.2) is 12.6 Å². The predicted molar refractivity (Wildman–Crippen MR) is 91.4 cm³/mol. The minimum absolute atomic E-state index is 0.537. The third kappa shape index (κ3) is 2.92. The molecule has 3 aliphatic carbocycles. The van der Waals surface area contributed by atoms with Crippen molar-refractivity contribution in [3.8, 4) is 0 Å². The second kappa shape index (κ2) is 5.87. The van der Waals surface area contributed by atoms with Crippen LogP contribution in [0.4, 0.5) is 0 Å². The van der Waals surface area contributed by atoms with Crippen molar-refractivity contribution in [2.75, 3.05) is 6.54 Å². The summed E-state index contributed by atoms with van der Waals surface area (Å²) in [6, 6.07) is 0.828. The van der Waals surface area contributed by atoms with Crippen molar-refractivity contribution in [3.63, 3.8) is 0 Å². The predicted octanol–water partition coefficient (Wildman–Crippen LogP) is 5.40. The maximum Gasteiger partial charge on any atom is 0.00980 e. The Bertz CT molecular complexity index is 337. The Hall–Kier alpha value is -0.0400. The molecule has 0 bridgehead atoms. The Kier molecular flexibility index (Phi) is 4.43. The quantitative estimate of drug-likeness (QED) is 0.731.